The van der Waals surface area contributed by atoms with Crippen molar-refractivity contribution in [2.45, 2.75) is 6.92 Å². The highest BCUT2D eigenvalue weighted by Crippen LogP contribution is 2.25. The van der Waals surface area contributed by atoms with Crippen molar-refractivity contribution in [3.63, 3.8) is 0 Å². The van der Waals surface area contributed by atoms with Crippen molar-refractivity contribution >= 4 is 27.4 Å². The van der Waals surface area contributed by atoms with Crippen LogP contribution in [0.2, 0.25) is 0 Å². The van der Waals surface area contributed by atoms with Gasteiger partial charge in [0.2, 0.25) is 0 Å². The molecule has 0 spiro atoms. The maximum atomic E-state index is 8.80. The van der Waals surface area contributed by atoms with E-state index in [1.54, 1.807) is 12.4 Å². The molecule has 0 bridgehead atoms. The second kappa shape index (κ2) is 2.68. The van der Waals surface area contributed by atoms with Crippen molar-refractivity contribution in [3.8, 4) is 6.07 Å². The summed E-state index contributed by atoms with van der Waals surface area (Å²) < 4.78 is 0. The van der Waals surface area contributed by atoms with Gasteiger partial charge in [0.1, 0.15) is 16.4 Å². The summed E-state index contributed by atoms with van der Waals surface area (Å²) in [5.41, 5.74) is 9.59. The summed E-state index contributed by atoms with van der Waals surface area (Å²) in [5, 5.41) is 8.80. The molecule has 0 atom stereocenters. The Balaban J connectivity index is 2.95. The zero-order chi connectivity index (χ0) is 9.42. The lowest BCUT2D eigenvalue weighted by molar-refractivity contribution is 1.24. The average molecular weight is 190 g/mol. The summed E-state index contributed by atoms with van der Waals surface area (Å²) in [4.78, 5) is 9.05. The minimum atomic E-state index is 0.429. The van der Waals surface area contributed by atoms with E-state index in [0.29, 0.717) is 22.5 Å². The monoisotopic (exact) mass is 190 g/mol. The van der Waals surface area contributed by atoms with Crippen molar-refractivity contribution in [2.24, 2.45) is 0 Å². The first-order valence-corrected chi connectivity index (χ1v) is 4.51. The quantitative estimate of drug-likeness (QED) is 0.682. The summed E-state index contributed by atoms with van der Waals surface area (Å²) in [6, 6.07) is 2.02. The largest absolute Gasteiger partial charge is 0.396 e. The van der Waals surface area contributed by atoms with E-state index in [2.05, 4.69) is 9.97 Å². The molecule has 13 heavy (non-hydrogen) atoms. The van der Waals surface area contributed by atoms with Crippen LogP contribution in [0, 0.1) is 18.3 Å². The lowest BCUT2D eigenvalue weighted by atomic mass is 10.2. The van der Waals surface area contributed by atoms with E-state index in [1.807, 2.05) is 6.07 Å². The molecule has 0 aliphatic heterocycles. The predicted octanol–water partition coefficient (Wildman–Crippen LogP) is 1.45. The highest BCUT2D eigenvalue weighted by molar-refractivity contribution is 7.16. The molecule has 0 unspecified atom stereocenters. The zero-order valence-electron chi connectivity index (χ0n) is 6.90. The number of anilines is 1. The molecule has 0 saturated heterocycles. The van der Waals surface area contributed by atoms with E-state index in [4.69, 9.17) is 11.0 Å². The van der Waals surface area contributed by atoms with E-state index < -0.39 is 0 Å². The minimum absolute atomic E-state index is 0.429. The molecule has 0 aromatic carbocycles. The Labute approximate surface area is 78.7 Å². The smallest absolute Gasteiger partial charge is 0.145 e. The summed E-state index contributed by atoms with van der Waals surface area (Å²) in [5.74, 6) is 0. The fraction of sp³-hybridized carbons (Fsp3) is 0.125. The van der Waals surface area contributed by atoms with Gasteiger partial charge in [-0.15, -0.1) is 11.3 Å². The van der Waals surface area contributed by atoms with Crippen LogP contribution in [0.4, 0.5) is 5.69 Å². The van der Waals surface area contributed by atoms with Crippen LogP contribution in [0.5, 0.6) is 0 Å². The SMILES string of the molecule is Cc1nc2scnc2c(N)c1C#N. The molecule has 4 nitrogen and oxygen atoms in total. The van der Waals surface area contributed by atoms with Gasteiger partial charge in [0.25, 0.3) is 0 Å². The Hall–Kier alpha value is -1.67. The van der Waals surface area contributed by atoms with E-state index in [9.17, 15) is 0 Å². The van der Waals surface area contributed by atoms with Gasteiger partial charge in [-0.2, -0.15) is 5.26 Å². The fourth-order valence-corrected chi connectivity index (χ4v) is 1.89. The zero-order valence-corrected chi connectivity index (χ0v) is 7.72. The van der Waals surface area contributed by atoms with Gasteiger partial charge in [-0.05, 0) is 6.92 Å². The summed E-state index contributed by atoms with van der Waals surface area (Å²) in [6.45, 7) is 1.77. The van der Waals surface area contributed by atoms with Crippen LogP contribution in [-0.4, -0.2) is 9.97 Å². The van der Waals surface area contributed by atoms with E-state index in [1.165, 1.54) is 11.3 Å². The van der Waals surface area contributed by atoms with Crippen LogP contribution in [0.1, 0.15) is 11.3 Å². The van der Waals surface area contributed by atoms with Crippen molar-refractivity contribution < 1.29 is 0 Å². The third-order valence-corrected chi connectivity index (χ3v) is 2.53. The second-order valence-corrected chi connectivity index (χ2v) is 3.44. The summed E-state index contributed by atoms with van der Waals surface area (Å²) >= 11 is 1.42. The molecule has 0 radical (unpaired) electrons. The number of thiazole rings is 1. The van der Waals surface area contributed by atoms with Crippen LogP contribution in [0.15, 0.2) is 5.51 Å². The number of hydrogen-bond acceptors (Lipinski definition) is 5. The Kier molecular flexibility index (Phi) is 1.64. The Bertz CT molecular complexity index is 509. The number of aromatic nitrogens is 2. The highest BCUT2D eigenvalue weighted by atomic mass is 32.1. The number of nitrogens with zero attached hydrogens (tertiary/aromatic N) is 3. The van der Waals surface area contributed by atoms with Crippen LogP contribution in [0.3, 0.4) is 0 Å². The van der Waals surface area contributed by atoms with E-state index in [0.717, 1.165) is 4.83 Å². The second-order valence-electron chi connectivity index (χ2n) is 2.60. The Morgan fingerprint density at radius 1 is 1.62 bits per heavy atom. The molecule has 2 aromatic heterocycles. The molecule has 2 aromatic rings. The van der Waals surface area contributed by atoms with Gasteiger partial charge in [-0.25, -0.2) is 9.97 Å². The van der Waals surface area contributed by atoms with Crippen LogP contribution < -0.4 is 5.73 Å². The molecule has 0 fully saturated rings. The van der Waals surface area contributed by atoms with Crippen molar-refractivity contribution in [1.29, 1.82) is 5.26 Å². The molecule has 0 aliphatic carbocycles. The first-order chi connectivity index (χ1) is 6.24. The number of fused-ring (bicyclic) bond motifs is 1. The number of aryl methyl sites for hydroxylation is 1. The maximum Gasteiger partial charge on any atom is 0.145 e. The van der Waals surface area contributed by atoms with Gasteiger partial charge in [0.05, 0.1) is 22.5 Å². The van der Waals surface area contributed by atoms with E-state index >= 15 is 0 Å². The lowest BCUT2D eigenvalue weighted by Crippen LogP contribution is -1.97. The van der Waals surface area contributed by atoms with Crippen molar-refractivity contribution in [1.82, 2.24) is 9.97 Å². The number of hydrogen-bond donors (Lipinski definition) is 1. The van der Waals surface area contributed by atoms with Crippen LogP contribution in [-0.2, 0) is 0 Å². The van der Waals surface area contributed by atoms with Gasteiger partial charge in [0, 0.05) is 0 Å². The number of rotatable bonds is 0. The molecule has 5 heteroatoms. The number of nitriles is 1. The first-order valence-electron chi connectivity index (χ1n) is 3.63. The Morgan fingerprint density at radius 2 is 2.38 bits per heavy atom. The third kappa shape index (κ3) is 1.03. The molecule has 2 N–H and O–H groups in total. The Morgan fingerprint density at radius 3 is 3.08 bits per heavy atom. The number of nitrogens with two attached hydrogens (primary N) is 1. The van der Waals surface area contributed by atoms with E-state index in [-0.39, 0.29) is 0 Å². The molecular formula is C8H6N4S. The van der Waals surface area contributed by atoms with Crippen molar-refractivity contribution in [3.05, 3.63) is 16.8 Å². The minimum Gasteiger partial charge on any atom is -0.396 e. The molecule has 0 amide bonds. The van der Waals surface area contributed by atoms with Crippen molar-refractivity contribution in [2.75, 3.05) is 5.73 Å². The van der Waals surface area contributed by atoms with Gasteiger partial charge >= 0.3 is 0 Å². The standard InChI is InChI=1S/C8H6N4S/c1-4-5(2-9)6(10)7-8(12-4)13-3-11-7/h3H,1H3,(H2,10,12). The average Bonchev–Trinajstić information content (AvgIpc) is 2.53. The van der Waals surface area contributed by atoms with Crippen LogP contribution >= 0.6 is 11.3 Å². The summed E-state index contributed by atoms with van der Waals surface area (Å²) in [6.07, 6.45) is 0. The number of pyridine rings is 1. The van der Waals surface area contributed by atoms with Gasteiger partial charge in [-0.3, -0.25) is 0 Å². The molecule has 0 saturated carbocycles. The van der Waals surface area contributed by atoms with Crippen LogP contribution in [0.25, 0.3) is 10.3 Å². The normalized spacial score (nSPS) is 10.2. The molecular weight excluding hydrogens is 184 g/mol. The first kappa shape index (κ1) is 7.95. The van der Waals surface area contributed by atoms with Gasteiger partial charge in [0.15, 0.2) is 0 Å². The molecule has 2 rings (SSSR count). The maximum absolute atomic E-state index is 8.80. The molecule has 64 valence electrons. The van der Waals surface area contributed by atoms with Gasteiger partial charge < -0.3 is 5.73 Å². The third-order valence-electron chi connectivity index (χ3n) is 1.82. The van der Waals surface area contributed by atoms with Gasteiger partial charge in [-0.1, -0.05) is 0 Å². The highest BCUT2D eigenvalue weighted by Gasteiger charge is 2.10. The fourth-order valence-electron chi connectivity index (χ4n) is 1.17. The summed E-state index contributed by atoms with van der Waals surface area (Å²) in [7, 11) is 0. The lowest BCUT2D eigenvalue weighted by Gasteiger charge is -2.00. The molecule has 0 aliphatic rings. The number of nitrogen functional groups attached to an aromatic ring is 1. The predicted molar refractivity (Wildman–Crippen MR) is 51.3 cm³/mol. The topological polar surface area (TPSA) is 75.6 Å². The molecule has 2 heterocycles.